The van der Waals surface area contributed by atoms with E-state index in [0.717, 1.165) is 18.1 Å². The molecule has 1 aromatic rings. The summed E-state index contributed by atoms with van der Waals surface area (Å²) in [7, 11) is 4.05. The molecule has 0 N–H and O–H groups in total. The minimum absolute atomic E-state index is 0.0337. The average molecular weight is 295 g/mol. The zero-order chi connectivity index (χ0) is 14.5. The minimum Gasteiger partial charge on any atom is -0.339 e. The largest absolute Gasteiger partial charge is 0.339 e. The third kappa shape index (κ3) is 4.03. The summed E-state index contributed by atoms with van der Waals surface area (Å²) in [5.41, 5.74) is 0.579. The van der Waals surface area contributed by atoms with Gasteiger partial charge in [-0.25, -0.2) is 4.98 Å². The number of aromatic nitrogens is 1. The predicted octanol–water partition coefficient (Wildman–Crippen LogP) is 2.79. The van der Waals surface area contributed by atoms with Crippen LogP contribution in [-0.4, -0.2) is 53.9 Å². The van der Waals surface area contributed by atoms with E-state index in [1.807, 2.05) is 19.4 Å². The number of nitrogens with zero attached hydrogens (tertiary/aromatic N) is 3. The molecule has 0 unspecified atom stereocenters. The maximum atomic E-state index is 12.2. The van der Waals surface area contributed by atoms with Crippen LogP contribution in [0.1, 0.15) is 47.6 Å². The van der Waals surface area contributed by atoms with Crippen molar-refractivity contribution in [1.82, 2.24) is 14.8 Å². The minimum atomic E-state index is 0.0337. The first-order valence-corrected chi connectivity index (χ1v) is 8.33. The summed E-state index contributed by atoms with van der Waals surface area (Å²) in [6.07, 6.45) is 6.69. The second-order valence-electron chi connectivity index (χ2n) is 5.75. The molecule has 20 heavy (non-hydrogen) atoms. The number of carbonyl (C=O) groups is 1. The SMILES string of the molecule is Cc1nc(C(=O)N(C)CCN(C)C2CCCCC2)cs1. The molecule has 0 spiro atoms. The van der Waals surface area contributed by atoms with Crippen molar-refractivity contribution in [2.24, 2.45) is 0 Å². The van der Waals surface area contributed by atoms with E-state index in [-0.39, 0.29) is 5.91 Å². The summed E-state index contributed by atoms with van der Waals surface area (Å²) in [5.74, 6) is 0.0337. The molecule has 0 radical (unpaired) electrons. The zero-order valence-corrected chi connectivity index (χ0v) is 13.6. The van der Waals surface area contributed by atoms with Crippen molar-refractivity contribution in [2.45, 2.75) is 45.1 Å². The highest BCUT2D eigenvalue weighted by atomic mass is 32.1. The van der Waals surface area contributed by atoms with Crippen molar-refractivity contribution in [3.05, 3.63) is 16.1 Å². The summed E-state index contributed by atoms with van der Waals surface area (Å²) in [4.78, 5) is 20.7. The van der Waals surface area contributed by atoms with E-state index in [4.69, 9.17) is 0 Å². The molecule has 1 heterocycles. The van der Waals surface area contributed by atoms with Crippen molar-refractivity contribution in [3.63, 3.8) is 0 Å². The molecule has 0 bridgehead atoms. The topological polar surface area (TPSA) is 36.4 Å². The number of thiazole rings is 1. The van der Waals surface area contributed by atoms with Crippen LogP contribution in [0, 0.1) is 6.92 Å². The Morgan fingerprint density at radius 2 is 2.00 bits per heavy atom. The lowest BCUT2D eigenvalue weighted by Crippen LogP contribution is -2.40. The number of amides is 1. The smallest absolute Gasteiger partial charge is 0.273 e. The van der Waals surface area contributed by atoms with Gasteiger partial charge in [0, 0.05) is 31.6 Å². The molecule has 1 aromatic heterocycles. The van der Waals surface area contributed by atoms with Gasteiger partial charge in [-0.3, -0.25) is 4.79 Å². The van der Waals surface area contributed by atoms with Gasteiger partial charge in [0.15, 0.2) is 0 Å². The molecular formula is C15H25N3OS. The zero-order valence-electron chi connectivity index (χ0n) is 12.8. The number of rotatable bonds is 5. The van der Waals surface area contributed by atoms with Crippen LogP contribution in [-0.2, 0) is 0 Å². The van der Waals surface area contributed by atoms with Gasteiger partial charge in [-0.15, -0.1) is 11.3 Å². The average Bonchev–Trinajstić information content (AvgIpc) is 2.91. The molecule has 0 saturated heterocycles. The lowest BCUT2D eigenvalue weighted by Gasteiger charge is -2.32. The van der Waals surface area contributed by atoms with Crippen LogP contribution in [0.4, 0.5) is 0 Å². The molecular weight excluding hydrogens is 270 g/mol. The van der Waals surface area contributed by atoms with E-state index in [2.05, 4.69) is 16.9 Å². The molecule has 1 amide bonds. The fraction of sp³-hybridized carbons (Fsp3) is 0.733. The van der Waals surface area contributed by atoms with E-state index < -0.39 is 0 Å². The second-order valence-corrected chi connectivity index (χ2v) is 6.81. The van der Waals surface area contributed by atoms with Gasteiger partial charge in [-0.1, -0.05) is 19.3 Å². The summed E-state index contributed by atoms with van der Waals surface area (Å²) in [5, 5.41) is 2.79. The predicted molar refractivity (Wildman–Crippen MR) is 83.3 cm³/mol. The number of carbonyl (C=O) groups excluding carboxylic acids is 1. The molecule has 1 aliphatic rings. The van der Waals surface area contributed by atoms with Gasteiger partial charge in [0.25, 0.3) is 5.91 Å². The van der Waals surface area contributed by atoms with Gasteiger partial charge in [0.1, 0.15) is 5.69 Å². The molecule has 5 heteroatoms. The van der Waals surface area contributed by atoms with Crippen LogP contribution < -0.4 is 0 Å². The maximum Gasteiger partial charge on any atom is 0.273 e. The number of likely N-dealkylation sites (N-methyl/N-ethyl adjacent to an activating group) is 2. The Morgan fingerprint density at radius 3 is 2.60 bits per heavy atom. The Kier molecular flexibility index (Phi) is 5.54. The molecule has 0 aromatic carbocycles. The van der Waals surface area contributed by atoms with Gasteiger partial charge >= 0.3 is 0 Å². The Balaban J connectivity index is 1.79. The van der Waals surface area contributed by atoms with Crippen molar-refractivity contribution in [1.29, 1.82) is 0 Å². The van der Waals surface area contributed by atoms with Crippen LogP contribution in [0.15, 0.2) is 5.38 Å². The first kappa shape index (κ1) is 15.4. The van der Waals surface area contributed by atoms with Crippen molar-refractivity contribution >= 4 is 17.2 Å². The monoisotopic (exact) mass is 295 g/mol. The van der Waals surface area contributed by atoms with Crippen LogP contribution in [0.5, 0.6) is 0 Å². The molecule has 112 valence electrons. The maximum absolute atomic E-state index is 12.2. The molecule has 0 aliphatic heterocycles. The van der Waals surface area contributed by atoms with E-state index >= 15 is 0 Å². The quantitative estimate of drug-likeness (QED) is 0.838. The number of hydrogen-bond donors (Lipinski definition) is 0. The molecule has 1 aliphatic carbocycles. The van der Waals surface area contributed by atoms with E-state index in [9.17, 15) is 4.79 Å². The highest BCUT2D eigenvalue weighted by Gasteiger charge is 2.19. The van der Waals surface area contributed by atoms with Crippen LogP contribution in [0.25, 0.3) is 0 Å². The molecule has 1 fully saturated rings. The third-order valence-corrected chi connectivity index (χ3v) is 4.94. The first-order chi connectivity index (χ1) is 9.58. The standard InChI is InChI=1S/C15H25N3OS/c1-12-16-14(11-20-12)15(19)18(3)10-9-17(2)13-7-5-4-6-8-13/h11,13H,4-10H2,1-3H3. The van der Waals surface area contributed by atoms with Gasteiger partial charge < -0.3 is 9.80 Å². The van der Waals surface area contributed by atoms with Crippen LogP contribution in [0.3, 0.4) is 0 Å². The highest BCUT2D eigenvalue weighted by Crippen LogP contribution is 2.21. The van der Waals surface area contributed by atoms with E-state index in [1.165, 1.54) is 43.4 Å². The number of aryl methyl sites for hydroxylation is 1. The molecule has 2 rings (SSSR count). The normalized spacial score (nSPS) is 16.6. The molecule has 1 saturated carbocycles. The Labute approximate surface area is 125 Å². The summed E-state index contributed by atoms with van der Waals surface area (Å²) in [6.45, 7) is 3.64. The summed E-state index contributed by atoms with van der Waals surface area (Å²) < 4.78 is 0. The fourth-order valence-corrected chi connectivity index (χ4v) is 3.36. The third-order valence-electron chi connectivity index (χ3n) is 4.17. The Morgan fingerprint density at radius 1 is 1.30 bits per heavy atom. The van der Waals surface area contributed by atoms with E-state index in [0.29, 0.717) is 11.7 Å². The van der Waals surface area contributed by atoms with Crippen LogP contribution >= 0.6 is 11.3 Å². The van der Waals surface area contributed by atoms with Gasteiger partial charge in [-0.05, 0) is 26.8 Å². The summed E-state index contributed by atoms with van der Waals surface area (Å²) >= 11 is 1.53. The van der Waals surface area contributed by atoms with Gasteiger partial charge in [0.05, 0.1) is 5.01 Å². The van der Waals surface area contributed by atoms with E-state index in [1.54, 1.807) is 4.90 Å². The van der Waals surface area contributed by atoms with Crippen LogP contribution in [0.2, 0.25) is 0 Å². The fourth-order valence-electron chi connectivity index (χ4n) is 2.77. The van der Waals surface area contributed by atoms with Crippen molar-refractivity contribution in [3.8, 4) is 0 Å². The second kappa shape index (κ2) is 7.18. The molecule has 0 atom stereocenters. The van der Waals surface area contributed by atoms with Gasteiger partial charge in [-0.2, -0.15) is 0 Å². The lowest BCUT2D eigenvalue weighted by molar-refractivity contribution is 0.0762. The van der Waals surface area contributed by atoms with Crippen molar-refractivity contribution in [2.75, 3.05) is 27.2 Å². The van der Waals surface area contributed by atoms with Crippen molar-refractivity contribution < 1.29 is 4.79 Å². The highest BCUT2D eigenvalue weighted by molar-refractivity contribution is 7.09. The first-order valence-electron chi connectivity index (χ1n) is 7.46. The Bertz CT molecular complexity index is 440. The lowest BCUT2D eigenvalue weighted by atomic mass is 9.94. The molecule has 4 nitrogen and oxygen atoms in total. The van der Waals surface area contributed by atoms with Gasteiger partial charge in [0.2, 0.25) is 0 Å². The summed E-state index contributed by atoms with van der Waals surface area (Å²) in [6, 6.07) is 0.703. The number of hydrogen-bond acceptors (Lipinski definition) is 4. The Hall–Kier alpha value is -0.940.